The highest BCUT2D eigenvalue weighted by Gasteiger charge is 2.13. The number of rotatable bonds is 25. The Morgan fingerprint density at radius 3 is 1.84 bits per heavy atom. The summed E-state index contributed by atoms with van der Waals surface area (Å²) in [5, 5.41) is 0. The van der Waals surface area contributed by atoms with E-state index >= 15 is 0 Å². The number of phosphoric ester groups is 1. The van der Waals surface area contributed by atoms with Crippen LogP contribution in [0.15, 0.2) is 36.4 Å². The lowest BCUT2D eigenvalue weighted by molar-refractivity contribution is -0.870. The van der Waals surface area contributed by atoms with Crippen LogP contribution in [0.5, 0.6) is 5.75 Å². The lowest BCUT2D eigenvalue weighted by Crippen LogP contribution is -2.37. The lowest BCUT2D eigenvalue weighted by atomic mass is 10.1. The summed E-state index contributed by atoms with van der Waals surface area (Å²) < 4.78 is 28.2. The molecule has 0 bridgehead atoms. The van der Waals surface area contributed by atoms with Gasteiger partial charge in [0.05, 0.1) is 34.4 Å². The zero-order chi connectivity index (χ0) is 28.0. The molecule has 38 heavy (non-hydrogen) atoms. The highest BCUT2D eigenvalue weighted by molar-refractivity contribution is 7.45. The predicted octanol–water partition coefficient (Wildman–Crippen LogP) is 7.85. The third kappa shape index (κ3) is 21.7. The summed E-state index contributed by atoms with van der Waals surface area (Å²) in [7, 11) is 1.68. The molecule has 1 atom stereocenters. The van der Waals surface area contributed by atoms with Crippen molar-refractivity contribution in [2.75, 3.05) is 47.5 Å². The molecule has 0 saturated carbocycles. The summed E-state index contributed by atoms with van der Waals surface area (Å²) in [6, 6.07) is 7.77. The highest BCUT2D eigenvalue weighted by Crippen LogP contribution is 2.38. The fraction of sp³-hybridized carbons (Fsp3) is 0.742. The van der Waals surface area contributed by atoms with Gasteiger partial charge < -0.3 is 23.2 Å². The summed E-state index contributed by atoms with van der Waals surface area (Å²) in [6.45, 7) is 3.78. The van der Waals surface area contributed by atoms with Gasteiger partial charge in [0.25, 0.3) is 7.82 Å². The summed E-state index contributed by atoms with van der Waals surface area (Å²) in [5.74, 6) is 0.848. The molecule has 1 unspecified atom stereocenters. The summed E-state index contributed by atoms with van der Waals surface area (Å²) in [5.41, 5.74) is 1.00. The Morgan fingerprint density at radius 2 is 1.26 bits per heavy atom. The maximum atomic E-state index is 11.8. The average molecular weight is 554 g/mol. The van der Waals surface area contributed by atoms with Crippen LogP contribution in [0.2, 0.25) is 0 Å². The summed E-state index contributed by atoms with van der Waals surface area (Å²) in [6.07, 6.45) is 23.5. The Labute approximate surface area is 234 Å². The molecule has 0 aliphatic carbocycles. The average Bonchev–Trinajstić information content (AvgIpc) is 2.86. The Morgan fingerprint density at radius 1 is 0.737 bits per heavy atom. The van der Waals surface area contributed by atoms with E-state index in [2.05, 4.69) is 19.1 Å². The van der Waals surface area contributed by atoms with Crippen LogP contribution in [0.25, 0.3) is 0 Å². The number of nitrogens with zero attached hydrogens (tertiary/aromatic N) is 1. The van der Waals surface area contributed by atoms with Crippen molar-refractivity contribution in [3.8, 4) is 5.75 Å². The Balaban J connectivity index is 1.98. The van der Waals surface area contributed by atoms with Gasteiger partial charge in [-0.15, -0.1) is 0 Å². The van der Waals surface area contributed by atoms with Crippen molar-refractivity contribution in [1.29, 1.82) is 0 Å². The van der Waals surface area contributed by atoms with Gasteiger partial charge in [-0.1, -0.05) is 89.0 Å². The summed E-state index contributed by atoms with van der Waals surface area (Å²) in [4.78, 5) is 11.8. The number of hydrogen-bond acceptors (Lipinski definition) is 5. The molecule has 1 rings (SSSR count). The van der Waals surface area contributed by atoms with Crippen molar-refractivity contribution in [2.45, 2.75) is 103 Å². The molecular formula is C31H56NO5P. The van der Waals surface area contributed by atoms with E-state index < -0.39 is 7.82 Å². The van der Waals surface area contributed by atoms with E-state index in [-0.39, 0.29) is 13.2 Å². The molecule has 220 valence electrons. The van der Waals surface area contributed by atoms with Crippen molar-refractivity contribution in [3.63, 3.8) is 0 Å². The highest BCUT2D eigenvalue weighted by atomic mass is 31.2. The molecule has 6 nitrogen and oxygen atoms in total. The normalized spacial score (nSPS) is 13.7. The third-order valence-electron chi connectivity index (χ3n) is 6.50. The molecule has 0 aromatic heterocycles. The molecule has 0 saturated heterocycles. The van der Waals surface area contributed by atoms with E-state index in [0.29, 0.717) is 17.4 Å². The van der Waals surface area contributed by atoms with E-state index in [1.54, 1.807) is 0 Å². The van der Waals surface area contributed by atoms with Crippen LogP contribution in [0.3, 0.4) is 0 Å². The SMILES string of the molecule is CCCCCCCC/C=C\CCCCCCCCOc1ccc(CCOP(=O)([O-])OCC[N+](C)(C)C)cc1. The molecule has 0 heterocycles. The van der Waals surface area contributed by atoms with Crippen molar-refractivity contribution < 1.29 is 27.7 Å². The van der Waals surface area contributed by atoms with E-state index in [9.17, 15) is 9.46 Å². The number of hydrogen-bond donors (Lipinski definition) is 0. The first-order valence-electron chi connectivity index (χ1n) is 15.0. The van der Waals surface area contributed by atoms with Crippen molar-refractivity contribution >= 4 is 7.82 Å². The van der Waals surface area contributed by atoms with Gasteiger partial charge in [-0.2, -0.15) is 0 Å². The van der Waals surface area contributed by atoms with Gasteiger partial charge in [0.2, 0.25) is 0 Å². The zero-order valence-corrected chi connectivity index (χ0v) is 25.7. The first-order chi connectivity index (χ1) is 18.2. The molecule has 0 spiro atoms. The van der Waals surface area contributed by atoms with Crippen molar-refractivity contribution in [3.05, 3.63) is 42.0 Å². The molecule has 0 aliphatic heterocycles. The Kier molecular flexibility index (Phi) is 19.8. The topological polar surface area (TPSA) is 67.8 Å². The van der Waals surface area contributed by atoms with Crippen molar-refractivity contribution in [2.24, 2.45) is 0 Å². The monoisotopic (exact) mass is 553 g/mol. The second-order valence-electron chi connectivity index (χ2n) is 11.3. The molecule has 0 amide bonds. The number of phosphoric acid groups is 1. The fourth-order valence-electron chi connectivity index (χ4n) is 4.03. The molecule has 7 heteroatoms. The molecule has 0 aliphatic rings. The van der Waals surface area contributed by atoms with Gasteiger partial charge >= 0.3 is 0 Å². The number of ether oxygens (including phenoxy) is 1. The van der Waals surface area contributed by atoms with Crippen LogP contribution in [0.4, 0.5) is 0 Å². The van der Waals surface area contributed by atoms with E-state index in [0.717, 1.165) is 24.3 Å². The standard InChI is InChI=1S/C31H56NO5P/c1-5-6-7-8-9-10-11-12-13-14-15-16-17-18-19-20-27-35-31-23-21-30(22-24-31)25-28-36-38(33,34)37-29-26-32(2,3)4/h12-13,21-24H,5-11,14-20,25-29H2,1-4H3/b13-12-. The minimum absolute atomic E-state index is 0.0703. The van der Waals surface area contributed by atoms with E-state index in [1.807, 2.05) is 45.4 Å². The minimum Gasteiger partial charge on any atom is -0.756 e. The van der Waals surface area contributed by atoms with Crippen LogP contribution >= 0.6 is 7.82 Å². The number of allylic oxidation sites excluding steroid dienone is 2. The van der Waals surface area contributed by atoms with E-state index in [1.165, 1.54) is 83.5 Å². The zero-order valence-electron chi connectivity index (χ0n) is 24.8. The van der Waals surface area contributed by atoms with Crippen LogP contribution in [-0.4, -0.2) is 52.0 Å². The number of benzene rings is 1. The smallest absolute Gasteiger partial charge is 0.268 e. The van der Waals surface area contributed by atoms with Gasteiger partial charge in [-0.05, 0) is 56.2 Å². The molecular weight excluding hydrogens is 497 g/mol. The lowest BCUT2D eigenvalue weighted by Gasteiger charge is -2.27. The third-order valence-corrected chi connectivity index (χ3v) is 7.50. The van der Waals surface area contributed by atoms with Crippen LogP contribution in [0.1, 0.15) is 102 Å². The van der Waals surface area contributed by atoms with E-state index in [4.69, 9.17) is 13.8 Å². The Bertz CT molecular complexity index is 761. The van der Waals surface area contributed by atoms with Gasteiger partial charge in [-0.25, -0.2) is 0 Å². The minimum atomic E-state index is -4.26. The maximum absolute atomic E-state index is 11.8. The molecule has 0 fully saturated rings. The van der Waals surface area contributed by atoms with Gasteiger partial charge in [0.1, 0.15) is 18.9 Å². The first kappa shape index (κ1) is 34.9. The van der Waals surface area contributed by atoms with Crippen molar-refractivity contribution in [1.82, 2.24) is 0 Å². The van der Waals surface area contributed by atoms with Crippen LogP contribution in [-0.2, 0) is 20.0 Å². The largest absolute Gasteiger partial charge is 0.756 e. The van der Waals surface area contributed by atoms with Crippen LogP contribution in [0, 0.1) is 0 Å². The van der Waals surface area contributed by atoms with Gasteiger partial charge in [0, 0.05) is 0 Å². The fourth-order valence-corrected chi connectivity index (χ4v) is 4.73. The van der Waals surface area contributed by atoms with Gasteiger partial charge in [0.15, 0.2) is 0 Å². The predicted molar refractivity (Wildman–Crippen MR) is 158 cm³/mol. The molecule has 1 aromatic carbocycles. The molecule has 0 radical (unpaired) electrons. The number of quaternary nitrogens is 1. The maximum Gasteiger partial charge on any atom is 0.268 e. The molecule has 1 aromatic rings. The van der Waals surface area contributed by atoms with Gasteiger partial charge in [-0.3, -0.25) is 4.57 Å². The Hall–Kier alpha value is -1.17. The second kappa shape index (κ2) is 21.6. The second-order valence-corrected chi connectivity index (χ2v) is 12.7. The molecule has 0 N–H and O–H groups in total. The summed E-state index contributed by atoms with van der Waals surface area (Å²) >= 11 is 0. The number of unbranched alkanes of at least 4 members (excludes halogenated alkanes) is 12. The quantitative estimate of drug-likeness (QED) is 0.0534. The van der Waals surface area contributed by atoms with Crippen LogP contribution < -0.4 is 9.63 Å². The number of likely N-dealkylation sites (N-methyl/N-ethyl adjacent to an activating group) is 1. The first-order valence-corrected chi connectivity index (χ1v) is 16.5.